The first-order valence-electron chi connectivity index (χ1n) is 10.5. The highest BCUT2D eigenvalue weighted by Crippen LogP contribution is 2.29. The van der Waals surface area contributed by atoms with E-state index in [2.05, 4.69) is 39.4 Å². The van der Waals surface area contributed by atoms with Crippen molar-refractivity contribution in [1.29, 1.82) is 0 Å². The predicted molar refractivity (Wildman–Crippen MR) is 127 cm³/mol. The summed E-state index contributed by atoms with van der Waals surface area (Å²) in [5, 5.41) is 6.75. The van der Waals surface area contributed by atoms with E-state index in [0.717, 1.165) is 56.8 Å². The SMILES string of the molecule is CN=C(NCc1ccnc(OCC2CC2)c1)NCC1CN(CC(C)C)CCO1.I. The third kappa shape index (κ3) is 9.04. The van der Waals surface area contributed by atoms with Crippen LogP contribution >= 0.6 is 24.0 Å². The molecule has 0 amide bonds. The average molecular weight is 517 g/mol. The molecule has 1 atom stereocenters. The molecule has 3 rings (SSSR count). The second kappa shape index (κ2) is 12.5. The van der Waals surface area contributed by atoms with E-state index in [1.807, 2.05) is 12.1 Å². The molecule has 8 heteroatoms. The van der Waals surface area contributed by atoms with Crippen molar-refractivity contribution < 1.29 is 9.47 Å². The molecule has 2 fully saturated rings. The number of ether oxygens (including phenoxy) is 2. The smallest absolute Gasteiger partial charge is 0.213 e. The van der Waals surface area contributed by atoms with Crippen molar-refractivity contribution in [2.45, 2.75) is 39.3 Å². The molecule has 7 nitrogen and oxygen atoms in total. The first-order valence-corrected chi connectivity index (χ1v) is 10.5. The highest BCUT2D eigenvalue weighted by Gasteiger charge is 2.22. The first-order chi connectivity index (χ1) is 13.6. The summed E-state index contributed by atoms with van der Waals surface area (Å²) in [6, 6.07) is 4.00. The van der Waals surface area contributed by atoms with E-state index in [9.17, 15) is 0 Å². The number of rotatable bonds is 9. The average Bonchev–Trinajstić information content (AvgIpc) is 3.51. The normalized spacial score (nSPS) is 20.3. The lowest BCUT2D eigenvalue weighted by Crippen LogP contribution is -2.50. The van der Waals surface area contributed by atoms with E-state index in [-0.39, 0.29) is 30.1 Å². The molecule has 2 N–H and O–H groups in total. The standard InChI is InChI=1S/C21H35N5O2.HI/c1-16(2)13-26-8-9-27-19(14-26)12-25-21(22-3)24-11-18-6-7-23-20(10-18)28-15-17-4-5-17;/h6-7,10,16-17,19H,4-5,8-9,11-15H2,1-3H3,(H2,22,24,25);1H. The maximum atomic E-state index is 5.90. The van der Waals surface area contributed by atoms with E-state index in [1.54, 1.807) is 13.2 Å². The molecular formula is C21H36IN5O2. The van der Waals surface area contributed by atoms with E-state index in [0.29, 0.717) is 18.3 Å². The molecule has 2 heterocycles. The molecule has 1 aromatic heterocycles. The number of aromatic nitrogens is 1. The second-order valence-electron chi connectivity index (χ2n) is 8.21. The molecule has 1 unspecified atom stereocenters. The summed E-state index contributed by atoms with van der Waals surface area (Å²) in [5.74, 6) is 2.89. The van der Waals surface area contributed by atoms with Gasteiger partial charge in [-0.25, -0.2) is 4.98 Å². The number of halogens is 1. The van der Waals surface area contributed by atoms with E-state index >= 15 is 0 Å². The Bertz CT molecular complexity index is 639. The Morgan fingerprint density at radius 3 is 2.93 bits per heavy atom. The lowest BCUT2D eigenvalue weighted by Gasteiger charge is -2.34. The van der Waals surface area contributed by atoms with Crippen molar-refractivity contribution in [1.82, 2.24) is 20.5 Å². The van der Waals surface area contributed by atoms with Gasteiger partial charge in [-0.05, 0) is 36.3 Å². The number of morpholine rings is 1. The molecule has 0 radical (unpaired) electrons. The topological polar surface area (TPSA) is 71.0 Å². The molecule has 1 aromatic rings. The monoisotopic (exact) mass is 517 g/mol. The molecule has 1 saturated carbocycles. The van der Waals surface area contributed by atoms with Crippen molar-refractivity contribution in [3.63, 3.8) is 0 Å². The Morgan fingerprint density at radius 1 is 1.38 bits per heavy atom. The lowest BCUT2D eigenvalue weighted by atomic mass is 10.2. The summed E-state index contributed by atoms with van der Waals surface area (Å²) in [6.45, 7) is 10.6. The van der Waals surface area contributed by atoms with Crippen LogP contribution in [0.1, 0.15) is 32.3 Å². The van der Waals surface area contributed by atoms with Gasteiger partial charge in [0.1, 0.15) is 0 Å². The van der Waals surface area contributed by atoms with Gasteiger partial charge in [-0.15, -0.1) is 24.0 Å². The van der Waals surface area contributed by atoms with E-state index in [4.69, 9.17) is 9.47 Å². The zero-order valence-electron chi connectivity index (χ0n) is 17.9. The number of hydrogen-bond acceptors (Lipinski definition) is 5. The highest BCUT2D eigenvalue weighted by atomic mass is 127. The largest absolute Gasteiger partial charge is 0.477 e. The molecule has 164 valence electrons. The van der Waals surface area contributed by atoms with Crippen LogP contribution in [0.15, 0.2) is 23.3 Å². The third-order valence-corrected chi connectivity index (χ3v) is 4.99. The molecular weight excluding hydrogens is 481 g/mol. The number of aliphatic imine (C=N–C) groups is 1. The number of guanidine groups is 1. The molecule has 1 aliphatic heterocycles. The van der Waals surface area contributed by atoms with Gasteiger partial charge in [-0.1, -0.05) is 13.8 Å². The van der Waals surface area contributed by atoms with Crippen molar-refractivity contribution >= 4 is 29.9 Å². The van der Waals surface area contributed by atoms with Gasteiger partial charge >= 0.3 is 0 Å². The number of nitrogens with one attached hydrogen (secondary N) is 2. The molecule has 1 aliphatic carbocycles. The van der Waals surface area contributed by atoms with E-state index in [1.165, 1.54) is 12.8 Å². The van der Waals surface area contributed by atoms with Gasteiger partial charge in [0.15, 0.2) is 5.96 Å². The maximum Gasteiger partial charge on any atom is 0.213 e. The molecule has 0 bridgehead atoms. The third-order valence-electron chi connectivity index (χ3n) is 4.99. The van der Waals surface area contributed by atoms with Gasteiger partial charge < -0.3 is 20.1 Å². The van der Waals surface area contributed by atoms with Crippen LogP contribution in [0, 0.1) is 11.8 Å². The Hall–Kier alpha value is -1.13. The first kappa shape index (κ1) is 24.1. The molecule has 0 spiro atoms. The predicted octanol–water partition coefficient (Wildman–Crippen LogP) is 2.51. The minimum absolute atomic E-state index is 0. The van der Waals surface area contributed by atoms with Crippen molar-refractivity contribution in [2.24, 2.45) is 16.8 Å². The number of nitrogens with zero attached hydrogens (tertiary/aromatic N) is 3. The fourth-order valence-electron chi connectivity index (χ4n) is 3.33. The Labute approximate surface area is 192 Å². The van der Waals surface area contributed by atoms with Crippen LogP contribution in [-0.2, 0) is 11.3 Å². The molecule has 0 aromatic carbocycles. The summed E-state index contributed by atoms with van der Waals surface area (Å²) in [4.78, 5) is 11.1. The van der Waals surface area contributed by atoms with Crippen LogP contribution in [0.4, 0.5) is 0 Å². The lowest BCUT2D eigenvalue weighted by molar-refractivity contribution is -0.0284. The number of hydrogen-bond donors (Lipinski definition) is 2. The summed E-state index contributed by atoms with van der Waals surface area (Å²) in [7, 11) is 1.79. The number of pyridine rings is 1. The highest BCUT2D eigenvalue weighted by molar-refractivity contribution is 14.0. The van der Waals surface area contributed by atoms with Gasteiger partial charge in [-0.2, -0.15) is 0 Å². The van der Waals surface area contributed by atoms with E-state index < -0.39 is 0 Å². The Balaban J connectivity index is 0.00000300. The fourth-order valence-corrected chi connectivity index (χ4v) is 3.33. The van der Waals surface area contributed by atoms with Crippen LogP contribution in [0.3, 0.4) is 0 Å². The van der Waals surface area contributed by atoms with Gasteiger partial charge in [-0.3, -0.25) is 9.89 Å². The molecule has 29 heavy (non-hydrogen) atoms. The van der Waals surface area contributed by atoms with Crippen LogP contribution in [0.2, 0.25) is 0 Å². The van der Waals surface area contributed by atoms with Crippen LogP contribution in [0.25, 0.3) is 0 Å². The summed E-state index contributed by atoms with van der Waals surface area (Å²) >= 11 is 0. The van der Waals surface area contributed by atoms with Gasteiger partial charge in [0.05, 0.1) is 19.3 Å². The van der Waals surface area contributed by atoms with Crippen LogP contribution in [0.5, 0.6) is 5.88 Å². The van der Waals surface area contributed by atoms with Gasteiger partial charge in [0.25, 0.3) is 0 Å². The fraction of sp³-hybridized carbons (Fsp3) is 0.714. The molecule has 2 aliphatic rings. The quantitative estimate of drug-likeness (QED) is 0.298. The van der Waals surface area contributed by atoms with Gasteiger partial charge in [0, 0.05) is 52.0 Å². The Morgan fingerprint density at radius 2 is 2.21 bits per heavy atom. The van der Waals surface area contributed by atoms with Crippen molar-refractivity contribution in [3.05, 3.63) is 23.9 Å². The minimum Gasteiger partial charge on any atom is -0.477 e. The summed E-state index contributed by atoms with van der Waals surface area (Å²) in [6.07, 6.45) is 4.55. The van der Waals surface area contributed by atoms with Crippen molar-refractivity contribution in [2.75, 3.05) is 46.4 Å². The van der Waals surface area contributed by atoms with Crippen LogP contribution < -0.4 is 15.4 Å². The minimum atomic E-state index is 0. The summed E-state index contributed by atoms with van der Waals surface area (Å²) in [5.41, 5.74) is 1.13. The maximum absolute atomic E-state index is 5.90. The van der Waals surface area contributed by atoms with Crippen LogP contribution in [-0.4, -0.2) is 68.4 Å². The van der Waals surface area contributed by atoms with Crippen molar-refractivity contribution in [3.8, 4) is 5.88 Å². The zero-order valence-corrected chi connectivity index (χ0v) is 20.2. The zero-order chi connectivity index (χ0) is 19.8. The van der Waals surface area contributed by atoms with Gasteiger partial charge in [0.2, 0.25) is 5.88 Å². The second-order valence-corrected chi connectivity index (χ2v) is 8.21. The summed E-state index contributed by atoms with van der Waals surface area (Å²) < 4.78 is 11.7. The molecule has 1 saturated heterocycles. The Kier molecular flexibility index (Phi) is 10.4.